The largest absolute Gasteiger partial charge is 0.490 e. The number of carbonyl (C=O) groups excluding carboxylic acids is 1. The van der Waals surface area contributed by atoms with Crippen LogP contribution in [0.1, 0.15) is 34.7 Å². The number of nitriles is 1. The monoisotopic (exact) mass is 566 g/mol. The minimum absolute atomic E-state index is 0.00854. The standard InChI is InChI=1S/C28H27IN2O3/c1-5-33-25-15-22(14-24(29)27(25)34-17-21-11-9-18(2)10-12-21)13-23(16-30)28(32)31-26-19(3)7-6-8-20(26)4/h6-15H,5,17H2,1-4H3,(H,31,32)/b23-13-. The fraction of sp³-hybridized carbons (Fsp3) is 0.214. The van der Waals surface area contributed by atoms with E-state index in [4.69, 9.17) is 9.47 Å². The molecule has 5 nitrogen and oxygen atoms in total. The number of benzene rings is 3. The molecule has 34 heavy (non-hydrogen) atoms. The van der Waals surface area contributed by atoms with Crippen molar-refractivity contribution in [3.8, 4) is 17.6 Å². The van der Waals surface area contributed by atoms with E-state index in [-0.39, 0.29) is 5.57 Å². The summed E-state index contributed by atoms with van der Waals surface area (Å²) < 4.78 is 12.7. The molecule has 0 saturated heterocycles. The van der Waals surface area contributed by atoms with Gasteiger partial charge in [-0.3, -0.25) is 4.79 Å². The van der Waals surface area contributed by atoms with Gasteiger partial charge in [0.25, 0.3) is 5.91 Å². The molecule has 0 fully saturated rings. The molecule has 3 rings (SSSR count). The van der Waals surface area contributed by atoms with Crippen LogP contribution >= 0.6 is 22.6 Å². The van der Waals surface area contributed by atoms with E-state index in [9.17, 15) is 10.1 Å². The molecular weight excluding hydrogens is 539 g/mol. The maximum atomic E-state index is 12.8. The van der Waals surface area contributed by atoms with Crippen LogP contribution in [0.15, 0.2) is 60.2 Å². The normalized spacial score (nSPS) is 11.0. The molecule has 174 valence electrons. The van der Waals surface area contributed by atoms with Crippen LogP contribution in [-0.2, 0) is 11.4 Å². The lowest BCUT2D eigenvalue weighted by atomic mass is 10.1. The third-order valence-electron chi connectivity index (χ3n) is 5.23. The summed E-state index contributed by atoms with van der Waals surface area (Å²) in [6.07, 6.45) is 1.57. The van der Waals surface area contributed by atoms with Crippen molar-refractivity contribution in [3.05, 3.63) is 91.6 Å². The molecule has 0 bridgehead atoms. The van der Waals surface area contributed by atoms with Gasteiger partial charge in [-0.05, 0) is 90.7 Å². The molecule has 0 unspecified atom stereocenters. The van der Waals surface area contributed by atoms with Crippen LogP contribution in [0.2, 0.25) is 0 Å². The van der Waals surface area contributed by atoms with Crippen molar-refractivity contribution in [2.75, 3.05) is 11.9 Å². The van der Waals surface area contributed by atoms with E-state index < -0.39 is 5.91 Å². The number of halogens is 1. The lowest BCUT2D eigenvalue weighted by Crippen LogP contribution is -2.15. The molecule has 1 N–H and O–H groups in total. The summed E-state index contributed by atoms with van der Waals surface area (Å²) in [6, 6.07) is 19.6. The van der Waals surface area contributed by atoms with E-state index >= 15 is 0 Å². The Kier molecular flexibility index (Phi) is 8.72. The molecule has 0 heterocycles. The second-order valence-corrected chi connectivity index (χ2v) is 9.09. The van der Waals surface area contributed by atoms with E-state index in [1.165, 1.54) is 5.56 Å². The summed E-state index contributed by atoms with van der Waals surface area (Å²) in [5.41, 5.74) is 5.54. The topological polar surface area (TPSA) is 71.3 Å². The van der Waals surface area contributed by atoms with Crippen LogP contribution in [0.25, 0.3) is 6.08 Å². The molecule has 3 aromatic rings. The van der Waals surface area contributed by atoms with Gasteiger partial charge in [-0.2, -0.15) is 5.26 Å². The molecule has 0 aromatic heterocycles. The predicted octanol–water partition coefficient (Wildman–Crippen LogP) is 6.74. The Labute approximate surface area is 214 Å². The summed E-state index contributed by atoms with van der Waals surface area (Å²) in [5.74, 6) is 0.756. The Morgan fingerprint density at radius 2 is 1.74 bits per heavy atom. The maximum absolute atomic E-state index is 12.8. The first-order valence-corrected chi connectivity index (χ1v) is 12.0. The van der Waals surface area contributed by atoms with Crippen molar-refractivity contribution in [2.24, 2.45) is 0 Å². The molecule has 0 atom stereocenters. The van der Waals surface area contributed by atoms with Gasteiger partial charge in [-0.1, -0.05) is 48.0 Å². The third-order valence-corrected chi connectivity index (χ3v) is 6.03. The Balaban J connectivity index is 1.86. The molecule has 0 spiro atoms. The highest BCUT2D eigenvalue weighted by Gasteiger charge is 2.16. The number of ether oxygens (including phenoxy) is 2. The molecule has 3 aromatic carbocycles. The predicted molar refractivity (Wildman–Crippen MR) is 144 cm³/mol. The number of amides is 1. The Hall–Kier alpha value is -3.31. The average molecular weight is 566 g/mol. The van der Waals surface area contributed by atoms with Gasteiger partial charge in [0.15, 0.2) is 11.5 Å². The quantitative estimate of drug-likeness (QED) is 0.186. The second kappa shape index (κ2) is 11.7. The molecule has 0 aliphatic heterocycles. The molecule has 0 saturated carbocycles. The molecule has 6 heteroatoms. The van der Waals surface area contributed by atoms with Crippen LogP contribution < -0.4 is 14.8 Å². The summed E-state index contributed by atoms with van der Waals surface area (Å²) >= 11 is 2.19. The number of rotatable bonds is 8. The van der Waals surface area contributed by atoms with Gasteiger partial charge in [0.2, 0.25) is 0 Å². The smallest absolute Gasteiger partial charge is 0.266 e. The van der Waals surface area contributed by atoms with Gasteiger partial charge in [-0.25, -0.2) is 0 Å². The highest BCUT2D eigenvalue weighted by atomic mass is 127. The number of hydrogen-bond donors (Lipinski definition) is 1. The van der Waals surface area contributed by atoms with Crippen molar-refractivity contribution in [2.45, 2.75) is 34.3 Å². The lowest BCUT2D eigenvalue weighted by Gasteiger charge is -2.15. The SMILES string of the molecule is CCOc1cc(/C=C(/C#N)C(=O)Nc2c(C)cccc2C)cc(I)c1OCc1ccc(C)cc1. The van der Waals surface area contributed by atoms with E-state index in [2.05, 4.69) is 27.9 Å². The van der Waals surface area contributed by atoms with E-state index in [1.54, 1.807) is 12.1 Å². The zero-order valence-electron chi connectivity index (χ0n) is 19.7. The molecule has 1 amide bonds. The highest BCUT2D eigenvalue weighted by Crippen LogP contribution is 2.35. The number of nitrogens with one attached hydrogen (secondary N) is 1. The number of anilines is 1. The van der Waals surface area contributed by atoms with Gasteiger partial charge in [0, 0.05) is 5.69 Å². The van der Waals surface area contributed by atoms with Crippen LogP contribution in [0.5, 0.6) is 11.5 Å². The van der Waals surface area contributed by atoms with Gasteiger partial charge in [0.05, 0.1) is 10.2 Å². The minimum atomic E-state index is -0.451. The first-order valence-electron chi connectivity index (χ1n) is 11.0. The van der Waals surface area contributed by atoms with Crippen molar-refractivity contribution >= 4 is 40.3 Å². The zero-order valence-corrected chi connectivity index (χ0v) is 21.9. The van der Waals surface area contributed by atoms with E-state index in [0.29, 0.717) is 30.3 Å². The van der Waals surface area contributed by atoms with Crippen LogP contribution in [0.4, 0.5) is 5.69 Å². The molecule has 0 aliphatic carbocycles. The fourth-order valence-electron chi connectivity index (χ4n) is 3.42. The first-order chi connectivity index (χ1) is 16.3. The highest BCUT2D eigenvalue weighted by molar-refractivity contribution is 14.1. The van der Waals surface area contributed by atoms with Crippen LogP contribution in [-0.4, -0.2) is 12.5 Å². The van der Waals surface area contributed by atoms with E-state index in [0.717, 1.165) is 25.9 Å². The number of para-hydroxylation sites is 1. The van der Waals surface area contributed by atoms with Crippen molar-refractivity contribution in [1.82, 2.24) is 0 Å². The lowest BCUT2D eigenvalue weighted by molar-refractivity contribution is -0.112. The average Bonchev–Trinajstić information content (AvgIpc) is 2.80. The van der Waals surface area contributed by atoms with Crippen molar-refractivity contribution in [3.63, 3.8) is 0 Å². The van der Waals surface area contributed by atoms with E-state index in [1.807, 2.05) is 82.3 Å². The zero-order chi connectivity index (χ0) is 24.7. The Morgan fingerprint density at radius 3 is 2.35 bits per heavy atom. The summed E-state index contributed by atoms with van der Waals surface area (Å²) in [7, 11) is 0. The van der Waals surface area contributed by atoms with Gasteiger partial charge < -0.3 is 14.8 Å². The van der Waals surface area contributed by atoms with Gasteiger partial charge >= 0.3 is 0 Å². The van der Waals surface area contributed by atoms with Crippen molar-refractivity contribution in [1.29, 1.82) is 5.26 Å². The Morgan fingerprint density at radius 1 is 1.06 bits per heavy atom. The summed E-state index contributed by atoms with van der Waals surface area (Å²) in [5, 5.41) is 12.5. The number of aryl methyl sites for hydroxylation is 3. The number of carbonyl (C=O) groups is 1. The minimum Gasteiger partial charge on any atom is -0.490 e. The second-order valence-electron chi connectivity index (χ2n) is 7.93. The van der Waals surface area contributed by atoms with Gasteiger partial charge in [-0.15, -0.1) is 0 Å². The Bertz CT molecular complexity index is 1240. The van der Waals surface area contributed by atoms with Crippen LogP contribution in [0, 0.1) is 35.7 Å². The molecule has 0 radical (unpaired) electrons. The van der Waals surface area contributed by atoms with Gasteiger partial charge in [0.1, 0.15) is 18.2 Å². The first kappa shape index (κ1) is 25.3. The number of hydrogen-bond acceptors (Lipinski definition) is 4. The molecular formula is C28H27IN2O3. The summed E-state index contributed by atoms with van der Waals surface area (Å²) in [4.78, 5) is 12.8. The molecule has 0 aliphatic rings. The fourth-order valence-corrected chi connectivity index (χ4v) is 4.20. The third kappa shape index (κ3) is 6.39. The maximum Gasteiger partial charge on any atom is 0.266 e. The van der Waals surface area contributed by atoms with Crippen molar-refractivity contribution < 1.29 is 14.3 Å². The van der Waals surface area contributed by atoms with Crippen LogP contribution in [0.3, 0.4) is 0 Å². The summed E-state index contributed by atoms with van der Waals surface area (Å²) in [6.45, 7) is 8.66. The number of nitrogens with zero attached hydrogens (tertiary/aromatic N) is 1.